The van der Waals surface area contributed by atoms with Gasteiger partial charge >= 0.3 is 0 Å². The van der Waals surface area contributed by atoms with Crippen LogP contribution in [0.15, 0.2) is 42.5 Å². The predicted molar refractivity (Wildman–Crippen MR) is 98.7 cm³/mol. The molecule has 2 aromatic rings. The highest BCUT2D eigenvalue weighted by Crippen LogP contribution is 2.19. The van der Waals surface area contributed by atoms with Crippen molar-refractivity contribution in [2.45, 2.75) is 26.7 Å². The summed E-state index contributed by atoms with van der Waals surface area (Å²) in [6.45, 7) is 4.85. The number of rotatable bonds is 6. The maximum atomic E-state index is 12.3. The molecule has 1 N–H and O–H groups in total. The zero-order valence-electron chi connectivity index (χ0n) is 12.9. The van der Waals surface area contributed by atoms with E-state index in [1.807, 2.05) is 49.4 Å². The van der Waals surface area contributed by atoms with Crippen molar-refractivity contribution in [3.8, 4) is 5.75 Å². The summed E-state index contributed by atoms with van der Waals surface area (Å²) in [5, 5.41) is 2.91. The predicted octanol–water partition coefficient (Wildman–Crippen LogP) is 5.03. The van der Waals surface area contributed by atoms with E-state index >= 15 is 0 Å². The van der Waals surface area contributed by atoms with Gasteiger partial charge in [0, 0.05) is 20.9 Å². The molecule has 0 aromatic heterocycles. The Morgan fingerprint density at radius 3 is 2.77 bits per heavy atom. The van der Waals surface area contributed by atoms with Crippen molar-refractivity contribution in [2.24, 2.45) is 0 Å². The molecule has 0 saturated heterocycles. The Bertz CT molecular complexity index is 655. The Balaban J connectivity index is 2.04. The van der Waals surface area contributed by atoms with E-state index in [-0.39, 0.29) is 5.91 Å². The highest BCUT2D eigenvalue weighted by atomic mass is 127. The molecule has 2 aromatic carbocycles. The molecule has 4 heteroatoms. The first-order chi connectivity index (χ1) is 10.6. The van der Waals surface area contributed by atoms with Gasteiger partial charge in [-0.2, -0.15) is 0 Å². The molecule has 0 radical (unpaired) electrons. The van der Waals surface area contributed by atoms with E-state index in [9.17, 15) is 4.79 Å². The number of carbonyl (C=O) groups is 1. The number of benzene rings is 2. The Morgan fingerprint density at radius 2 is 2.05 bits per heavy atom. The molecule has 0 aliphatic carbocycles. The van der Waals surface area contributed by atoms with E-state index in [2.05, 4.69) is 34.8 Å². The zero-order chi connectivity index (χ0) is 15.9. The second-order valence-corrected chi connectivity index (χ2v) is 6.31. The molecule has 3 nitrogen and oxygen atoms in total. The van der Waals surface area contributed by atoms with Gasteiger partial charge in [-0.05, 0) is 65.8 Å². The van der Waals surface area contributed by atoms with Gasteiger partial charge in [0.05, 0.1) is 6.61 Å². The molecule has 0 fully saturated rings. The summed E-state index contributed by atoms with van der Waals surface area (Å²) in [5.41, 5.74) is 2.57. The molecule has 0 aliphatic heterocycles. The lowest BCUT2D eigenvalue weighted by molar-refractivity contribution is 0.102. The number of aryl methyl sites for hydroxylation is 1. The first-order valence-corrected chi connectivity index (χ1v) is 8.48. The lowest BCUT2D eigenvalue weighted by atomic mass is 10.1. The summed E-state index contributed by atoms with van der Waals surface area (Å²) in [4.78, 5) is 12.3. The van der Waals surface area contributed by atoms with Crippen molar-refractivity contribution in [1.82, 2.24) is 0 Å². The van der Waals surface area contributed by atoms with Gasteiger partial charge in [0.15, 0.2) is 0 Å². The van der Waals surface area contributed by atoms with Gasteiger partial charge in [0.2, 0.25) is 0 Å². The van der Waals surface area contributed by atoms with E-state index in [1.54, 1.807) is 0 Å². The molecule has 0 heterocycles. The average Bonchev–Trinajstić information content (AvgIpc) is 2.50. The topological polar surface area (TPSA) is 38.3 Å². The first kappa shape index (κ1) is 16.8. The molecule has 0 atom stereocenters. The number of nitrogens with one attached hydrogen (secondary N) is 1. The van der Waals surface area contributed by atoms with Crippen molar-refractivity contribution in [1.29, 1.82) is 0 Å². The van der Waals surface area contributed by atoms with Gasteiger partial charge in [-0.3, -0.25) is 4.79 Å². The number of ether oxygens (including phenoxy) is 1. The fourth-order valence-corrected chi connectivity index (χ4v) is 2.45. The van der Waals surface area contributed by atoms with Crippen LogP contribution in [0.2, 0.25) is 0 Å². The van der Waals surface area contributed by atoms with Crippen LogP contribution in [0.3, 0.4) is 0 Å². The van der Waals surface area contributed by atoms with Crippen LogP contribution in [-0.4, -0.2) is 12.5 Å². The summed E-state index contributed by atoms with van der Waals surface area (Å²) in [5.74, 6) is 0.674. The third-order valence-corrected chi connectivity index (χ3v) is 4.45. The minimum Gasteiger partial charge on any atom is -0.494 e. The molecule has 1 amide bonds. The van der Waals surface area contributed by atoms with E-state index < -0.39 is 0 Å². The largest absolute Gasteiger partial charge is 0.494 e. The van der Waals surface area contributed by atoms with Gasteiger partial charge in [0.1, 0.15) is 5.75 Å². The minimum atomic E-state index is -0.108. The Morgan fingerprint density at radius 1 is 1.23 bits per heavy atom. The van der Waals surface area contributed by atoms with Gasteiger partial charge in [-0.25, -0.2) is 0 Å². The normalized spacial score (nSPS) is 10.3. The van der Waals surface area contributed by atoms with Gasteiger partial charge in [-0.15, -0.1) is 0 Å². The lowest BCUT2D eigenvalue weighted by Gasteiger charge is -2.09. The first-order valence-electron chi connectivity index (χ1n) is 7.40. The standard InChI is InChI=1S/C18H20INO2/c1-3-4-10-22-16-7-5-6-15(12-16)20-18(21)14-9-8-13(2)17(19)11-14/h5-9,11-12H,3-4,10H2,1-2H3,(H,20,21). The smallest absolute Gasteiger partial charge is 0.255 e. The van der Waals surface area contributed by atoms with Crippen LogP contribution in [0.5, 0.6) is 5.75 Å². The lowest BCUT2D eigenvalue weighted by Crippen LogP contribution is -2.12. The van der Waals surface area contributed by atoms with Crippen LogP contribution in [0.4, 0.5) is 5.69 Å². The Labute approximate surface area is 145 Å². The average molecular weight is 409 g/mol. The van der Waals surface area contributed by atoms with Crippen molar-refractivity contribution < 1.29 is 9.53 Å². The SMILES string of the molecule is CCCCOc1cccc(NC(=O)c2ccc(C)c(I)c2)c1. The third kappa shape index (κ3) is 4.73. The second-order valence-electron chi connectivity index (χ2n) is 5.15. The van der Waals surface area contributed by atoms with Crippen LogP contribution < -0.4 is 10.1 Å². The monoisotopic (exact) mass is 409 g/mol. The molecule has 116 valence electrons. The van der Waals surface area contributed by atoms with Crippen LogP contribution in [0.25, 0.3) is 0 Å². The molecule has 0 spiro atoms. The number of hydrogen-bond donors (Lipinski definition) is 1. The zero-order valence-corrected chi connectivity index (χ0v) is 15.0. The number of unbranched alkanes of at least 4 members (excludes halogenated alkanes) is 1. The molecular weight excluding hydrogens is 389 g/mol. The van der Waals surface area contributed by atoms with E-state index in [0.717, 1.165) is 27.8 Å². The summed E-state index contributed by atoms with van der Waals surface area (Å²) in [7, 11) is 0. The van der Waals surface area contributed by atoms with Crippen molar-refractivity contribution in [3.05, 3.63) is 57.2 Å². The summed E-state index contributed by atoms with van der Waals surface area (Å²) in [6.07, 6.45) is 2.13. The fraction of sp³-hybridized carbons (Fsp3) is 0.278. The van der Waals surface area contributed by atoms with Crippen molar-refractivity contribution >= 4 is 34.2 Å². The van der Waals surface area contributed by atoms with E-state index in [4.69, 9.17) is 4.74 Å². The van der Waals surface area contributed by atoms with Gasteiger partial charge in [0.25, 0.3) is 5.91 Å². The van der Waals surface area contributed by atoms with Crippen molar-refractivity contribution in [2.75, 3.05) is 11.9 Å². The van der Waals surface area contributed by atoms with Crippen molar-refractivity contribution in [3.63, 3.8) is 0 Å². The van der Waals surface area contributed by atoms with Gasteiger partial charge < -0.3 is 10.1 Å². The number of anilines is 1. The molecule has 0 saturated carbocycles. The molecule has 0 bridgehead atoms. The molecule has 0 unspecified atom stereocenters. The maximum absolute atomic E-state index is 12.3. The van der Waals surface area contributed by atoms with Crippen LogP contribution >= 0.6 is 22.6 Å². The van der Waals surface area contributed by atoms with E-state index in [0.29, 0.717) is 12.2 Å². The second kappa shape index (κ2) is 8.17. The number of halogens is 1. The van der Waals surface area contributed by atoms with Gasteiger partial charge in [-0.1, -0.05) is 25.5 Å². The van der Waals surface area contributed by atoms with Crippen LogP contribution in [-0.2, 0) is 0 Å². The maximum Gasteiger partial charge on any atom is 0.255 e. The highest BCUT2D eigenvalue weighted by molar-refractivity contribution is 14.1. The van der Waals surface area contributed by atoms with Crippen LogP contribution in [0, 0.1) is 10.5 Å². The number of carbonyl (C=O) groups excluding carboxylic acids is 1. The summed E-state index contributed by atoms with van der Waals surface area (Å²) >= 11 is 2.24. The van der Waals surface area contributed by atoms with Crippen LogP contribution in [0.1, 0.15) is 35.7 Å². The quantitative estimate of drug-likeness (QED) is 0.537. The molecule has 2 rings (SSSR count). The molecule has 0 aliphatic rings. The summed E-state index contributed by atoms with van der Waals surface area (Å²) in [6, 6.07) is 13.2. The third-order valence-electron chi connectivity index (χ3n) is 3.29. The number of hydrogen-bond acceptors (Lipinski definition) is 2. The molecule has 22 heavy (non-hydrogen) atoms. The van der Waals surface area contributed by atoms with E-state index in [1.165, 1.54) is 5.56 Å². The Kier molecular flexibility index (Phi) is 6.24. The fourth-order valence-electron chi connectivity index (χ4n) is 1.94. The number of amides is 1. The highest BCUT2D eigenvalue weighted by Gasteiger charge is 2.08. The minimum absolute atomic E-state index is 0.108. The Hall–Kier alpha value is -1.56. The molecular formula is C18H20INO2. The summed E-state index contributed by atoms with van der Waals surface area (Å²) < 4.78 is 6.74.